The summed E-state index contributed by atoms with van der Waals surface area (Å²) in [5, 5.41) is 2.81. The first-order valence-corrected chi connectivity index (χ1v) is 7.63. The van der Waals surface area contributed by atoms with Crippen molar-refractivity contribution in [1.29, 1.82) is 0 Å². The van der Waals surface area contributed by atoms with Crippen molar-refractivity contribution in [1.82, 2.24) is 10.2 Å². The Morgan fingerprint density at radius 3 is 2.76 bits per heavy atom. The number of carbonyl (C=O) groups is 1. The Morgan fingerprint density at radius 2 is 2.14 bits per heavy atom. The van der Waals surface area contributed by atoms with Crippen LogP contribution in [0.15, 0.2) is 30.3 Å². The van der Waals surface area contributed by atoms with Crippen LogP contribution in [0.25, 0.3) is 0 Å². The molecule has 112 valence electrons. The highest BCUT2D eigenvalue weighted by Gasteiger charge is 2.10. The van der Waals surface area contributed by atoms with E-state index in [1.165, 1.54) is 17.4 Å². The second-order valence-electron chi connectivity index (χ2n) is 4.80. The van der Waals surface area contributed by atoms with Crippen LogP contribution in [0.4, 0.5) is 9.18 Å². The molecule has 1 aromatic heterocycles. The fraction of sp³-hybridized carbons (Fsp3) is 0.267. The summed E-state index contributed by atoms with van der Waals surface area (Å²) in [5.74, 6) is -0.239. The van der Waals surface area contributed by atoms with E-state index in [1.54, 1.807) is 31.0 Å². The first kappa shape index (κ1) is 15.8. The van der Waals surface area contributed by atoms with Crippen LogP contribution < -0.4 is 5.32 Å². The fourth-order valence-corrected chi connectivity index (χ4v) is 3.01. The van der Waals surface area contributed by atoms with Crippen molar-refractivity contribution in [3.05, 3.63) is 56.5 Å². The molecule has 21 heavy (non-hydrogen) atoms. The van der Waals surface area contributed by atoms with Crippen LogP contribution in [0.2, 0.25) is 4.34 Å². The van der Waals surface area contributed by atoms with Gasteiger partial charge in [-0.15, -0.1) is 11.3 Å². The SMILES string of the molecule is Cc1cc(CNC(=O)N(C)Cc2ccc(Cl)s2)ccc1F. The fourth-order valence-electron chi connectivity index (χ4n) is 1.87. The van der Waals surface area contributed by atoms with Crippen molar-refractivity contribution >= 4 is 29.0 Å². The molecule has 2 rings (SSSR count). The van der Waals surface area contributed by atoms with Gasteiger partial charge < -0.3 is 10.2 Å². The molecule has 2 amide bonds. The van der Waals surface area contributed by atoms with Gasteiger partial charge >= 0.3 is 6.03 Å². The number of urea groups is 1. The number of rotatable bonds is 4. The van der Waals surface area contributed by atoms with Crippen LogP contribution in [0.5, 0.6) is 0 Å². The van der Waals surface area contributed by atoms with E-state index in [-0.39, 0.29) is 11.8 Å². The molecule has 2 aromatic rings. The van der Waals surface area contributed by atoms with Gasteiger partial charge in [0.15, 0.2) is 0 Å². The van der Waals surface area contributed by atoms with E-state index in [9.17, 15) is 9.18 Å². The van der Waals surface area contributed by atoms with Crippen LogP contribution in [-0.4, -0.2) is 18.0 Å². The third kappa shape index (κ3) is 4.44. The maximum Gasteiger partial charge on any atom is 0.317 e. The second kappa shape index (κ2) is 6.91. The Bertz CT molecular complexity index is 644. The molecule has 0 aliphatic rings. The third-order valence-corrected chi connectivity index (χ3v) is 4.25. The van der Waals surface area contributed by atoms with Crippen molar-refractivity contribution in [2.75, 3.05) is 7.05 Å². The highest BCUT2D eigenvalue weighted by molar-refractivity contribution is 7.16. The zero-order chi connectivity index (χ0) is 15.4. The molecule has 0 radical (unpaired) electrons. The quantitative estimate of drug-likeness (QED) is 0.897. The molecule has 0 spiro atoms. The first-order valence-electron chi connectivity index (χ1n) is 6.44. The van der Waals surface area contributed by atoms with Crippen LogP contribution in [0, 0.1) is 12.7 Å². The van der Waals surface area contributed by atoms with E-state index in [1.807, 2.05) is 12.1 Å². The molecule has 0 atom stereocenters. The molecular formula is C15H16ClFN2OS. The lowest BCUT2D eigenvalue weighted by Crippen LogP contribution is -2.36. The molecule has 6 heteroatoms. The van der Waals surface area contributed by atoms with Gasteiger partial charge in [0.1, 0.15) is 5.82 Å². The topological polar surface area (TPSA) is 32.3 Å². The summed E-state index contributed by atoms with van der Waals surface area (Å²) in [6, 6.07) is 8.35. The van der Waals surface area contributed by atoms with Crippen molar-refractivity contribution < 1.29 is 9.18 Å². The van der Waals surface area contributed by atoms with Crippen molar-refractivity contribution in [3.8, 4) is 0 Å². The maximum absolute atomic E-state index is 13.2. The number of hydrogen-bond acceptors (Lipinski definition) is 2. The minimum Gasteiger partial charge on any atom is -0.334 e. The van der Waals surface area contributed by atoms with Gasteiger partial charge in [-0.3, -0.25) is 0 Å². The van der Waals surface area contributed by atoms with Crippen LogP contribution >= 0.6 is 22.9 Å². The van der Waals surface area contributed by atoms with E-state index >= 15 is 0 Å². The van der Waals surface area contributed by atoms with Crippen molar-refractivity contribution in [2.24, 2.45) is 0 Å². The van der Waals surface area contributed by atoms with E-state index in [0.29, 0.717) is 23.0 Å². The molecule has 0 saturated heterocycles. The van der Waals surface area contributed by atoms with E-state index in [4.69, 9.17) is 11.6 Å². The van der Waals surface area contributed by atoms with E-state index in [2.05, 4.69) is 5.32 Å². The maximum atomic E-state index is 13.2. The second-order valence-corrected chi connectivity index (χ2v) is 6.60. The molecular weight excluding hydrogens is 311 g/mol. The normalized spacial score (nSPS) is 10.5. The summed E-state index contributed by atoms with van der Waals surface area (Å²) < 4.78 is 13.9. The van der Waals surface area contributed by atoms with Gasteiger partial charge in [0.25, 0.3) is 0 Å². The van der Waals surface area contributed by atoms with Gasteiger partial charge in [-0.2, -0.15) is 0 Å². The number of amides is 2. The average Bonchev–Trinajstić information content (AvgIpc) is 2.85. The molecule has 0 saturated carbocycles. The molecule has 1 N–H and O–H groups in total. The van der Waals surface area contributed by atoms with Crippen LogP contribution in [-0.2, 0) is 13.1 Å². The Morgan fingerprint density at radius 1 is 1.38 bits per heavy atom. The number of nitrogens with zero attached hydrogens (tertiary/aromatic N) is 1. The Kier molecular flexibility index (Phi) is 5.20. The Balaban J connectivity index is 1.87. The smallest absolute Gasteiger partial charge is 0.317 e. The molecule has 1 aromatic carbocycles. The lowest BCUT2D eigenvalue weighted by Gasteiger charge is -2.17. The predicted octanol–water partition coefficient (Wildman–Crippen LogP) is 4.19. The van der Waals surface area contributed by atoms with Crippen molar-refractivity contribution in [3.63, 3.8) is 0 Å². The standard InChI is InChI=1S/C15H16ClFN2OS/c1-10-7-11(3-5-13(10)17)8-18-15(20)19(2)9-12-4-6-14(16)21-12/h3-7H,8-9H2,1-2H3,(H,18,20). The van der Waals surface area contributed by atoms with E-state index in [0.717, 1.165) is 10.4 Å². The van der Waals surface area contributed by atoms with E-state index < -0.39 is 0 Å². The number of hydrogen-bond donors (Lipinski definition) is 1. The molecule has 3 nitrogen and oxygen atoms in total. The Hall–Kier alpha value is -1.59. The largest absolute Gasteiger partial charge is 0.334 e. The molecule has 0 aliphatic carbocycles. The lowest BCUT2D eigenvalue weighted by molar-refractivity contribution is 0.207. The van der Waals surface area contributed by atoms with Gasteiger partial charge in [0, 0.05) is 18.5 Å². The molecule has 0 unspecified atom stereocenters. The Labute approximate surface area is 132 Å². The van der Waals surface area contributed by atoms with Gasteiger partial charge in [-0.05, 0) is 36.2 Å². The monoisotopic (exact) mass is 326 g/mol. The highest BCUT2D eigenvalue weighted by atomic mass is 35.5. The molecule has 0 bridgehead atoms. The first-order chi connectivity index (χ1) is 9.95. The molecule has 1 heterocycles. The molecule has 0 aliphatic heterocycles. The van der Waals surface area contributed by atoms with Crippen LogP contribution in [0.3, 0.4) is 0 Å². The number of halogens is 2. The zero-order valence-corrected chi connectivity index (χ0v) is 13.4. The van der Waals surface area contributed by atoms with Gasteiger partial charge in [0.05, 0.1) is 10.9 Å². The van der Waals surface area contributed by atoms with Crippen molar-refractivity contribution in [2.45, 2.75) is 20.0 Å². The van der Waals surface area contributed by atoms with Gasteiger partial charge in [-0.25, -0.2) is 9.18 Å². The summed E-state index contributed by atoms with van der Waals surface area (Å²) in [4.78, 5) is 14.6. The number of benzene rings is 1. The zero-order valence-electron chi connectivity index (χ0n) is 11.8. The minimum absolute atomic E-state index is 0.179. The predicted molar refractivity (Wildman–Crippen MR) is 84.2 cm³/mol. The average molecular weight is 327 g/mol. The lowest BCUT2D eigenvalue weighted by atomic mass is 10.1. The van der Waals surface area contributed by atoms with Crippen LogP contribution in [0.1, 0.15) is 16.0 Å². The summed E-state index contributed by atoms with van der Waals surface area (Å²) in [7, 11) is 1.72. The third-order valence-electron chi connectivity index (χ3n) is 3.03. The number of carbonyl (C=O) groups excluding carboxylic acids is 1. The number of nitrogens with one attached hydrogen (secondary N) is 1. The highest BCUT2D eigenvalue weighted by Crippen LogP contribution is 2.22. The summed E-state index contributed by atoms with van der Waals surface area (Å²) >= 11 is 7.31. The number of aryl methyl sites for hydroxylation is 1. The summed E-state index contributed by atoms with van der Waals surface area (Å²) in [5.41, 5.74) is 1.44. The van der Waals surface area contributed by atoms with Gasteiger partial charge in [0.2, 0.25) is 0 Å². The minimum atomic E-state index is -0.239. The number of thiophene rings is 1. The summed E-state index contributed by atoms with van der Waals surface area (Å²) in [6.45, 7) is 2.58. The van der Waals surface area contributed by atoms with Gasteiger partial charge in [-0.1, -0.05) is 23.7 Å². The molecule has 0 fully saturated rings. The summed E-state index contributed by atoms with van der Waals surface area (Å²) in [6.07, 6.45) is 0.